The molecule has 0 aliphatic heterocycles. The molecule has 21 heavy (non-hydrogen) atoms. The van der Waals surface area contributed by atoms with Gasteiger partial charge in [-0.3, -0.25) is 9.59 Å². The maximum absolute atomic E-state index is 12.3. The summed E-state index contributed by atoms with van der Waals surface area (Å²) in [6.07, 6.45) is 4.06. The van der Waals surface area contributed by atoms with Gasteiger partial charge in [-0.25, -0.2) is 0 Å². The summed E-state index contributed by atoms with van der Waals surface area (Å²) in [4.78, 5) is 23.6. The largest absolute Gasteiger partial charge is 0.481 e. The molecule has 1 saturated carbocycles. The number of carbonyl (C=O) groups is 2. The SMILES string of the molecule is O=C(NC1CCCCCC1C(=O)O)c1ccc(Cl)cc1Cl. The minimum Gasteiger partial charge on any atom is -0.481 e. The maximum Gasteiger partial charge on any atom is 0.308 e. The van der Waals surface area contributed by atoms with Gasteiger partial charge in [0.25, 0.3) is 5.91 Å². The number of hydrogen-bond donors (Lipinski definition) is 2. The van der Waals surface area contributed by atoms with Crippen LogP contribution in [-0.4, -0.2) is 23.0 Å². The Bertz CT molecular complexity index is 548. The average Bonchev–Trinajstić information content (AvgIpc) is 2.63. The van der Waals surface area contributed by atoms with Crippen LogP contribution in [0.1, 0.15) is 42.5 Å². The Morgan fingerprint density at radius 3 is 2.52 bits per heavy atom. The maximum atomic E-state index is 12.3. The Hall–Kier alpha value is -1.26. The molecule has 2 atom stereocenters. The lowest BCUT2D eigenvalue weighted by molar-refractivity contribution is -0.142. The number of rotatable bonds is 3. The smallest absolute Gasteiger partial charge is 0.308 e. The molecule has 0 bridgehead atoms. The Kier molecular flexibility index (Phi) is 5.48. The predicted molar refractivity (Wildman–Crippen MR) is 81.9 cm³/mol. The van der Waals surface area contributed by atoms with Crippen molar-refractivity contribution in [2.45, 2.75) is 38.1 Å². The van der Waals surface area contributed by atoms with Crippen LogP contribution < -0.4 is 5.32 Å². The van der Waals surface area contributed by atoms with Gasteiger partial charge in [0.05, 0.1) is 16.5 Å². The van der Waals surface area contributed by atoms with Crippen LogP contribution in [0.15, 0.2) is 18.2 Å². The molecule has 2 rings (SSSR count). The summed E-state index contributed by atoms with van der Waals surface area (Å²) >= 11 is 11.8. The molecule has 1 fully saturated rings. The molecular weight excluding hydrogens is 313 g/mol. The van der Waals surface area contributed by atoms with E-state index < -0.39 is 11.9 Å². The van der Waals surface area contributed by atoms with Crippen LogP contribution >= 0.6 is 23.2 Å². The van der Waals surface area contributed by atoms with Crippen molar-refractivity contribution in [1.82, 2.24) is 5.32 Å². The quantitative estimate of drug-likeness (QED) is 0.830. The van der Waals surface area contributed by atoms with Gasteiger partial charge in [-0.2, -0.15) is 0 Å². The molecule has 2 N–H and O–H groups in total. The zero-order chi connectivity index (χ0) is 15.4. The molecule has 0 heterocycles. The highest BCUT2D eigenvalue weighted by Gasteiger charge is 2.31. The minimum atomic E-state index is -0.857. The summed E-state index contributed by atoms with van der Waals surface area (Å²) < 4.78 is 0. The van der Waals surface area contributed by atoms with Gasteiger partial charge < -0.3 is 10.4 Å². The Morgan fingerprint density at radius 2 is 1.86 bits per heavy atom. The van der Waals surface area contributed by atoms with Gasteiger partial charge in [0.1, 0.15) is 0 Å². The third kappa shape index (κ3) is 4.11. The zero-order valence-electron chi connectivity index (χ0n) is 11.4. The first kappa shape index (κ1) is 16.1. The second-order valence-corrected chi connectivity index (χ2v) is 6.13. The molecule has 0 saturated heterocycles. The molecule has 0 radical (unpaired) electrons. The van der Waals surface area contributed by atoms with Crippen LogP contribution in [0.3, 0.4) is 0 Å². The topological polar surface area (TPSA) is 66.4 Å². The number of halogens is 2. The van der Waals surface area contributed by atoms with E-state index in [1.807, 2.05) is 0 Å². The zero-order valence-corrected chi connectivity index (χ0v) is 13.0. The molecule has 0 spiro atoms. The lowest BCUT2D eigenvalue weighted by Crippen LogP contribution is -2.42. The first-order valence-corrected chi connectivity index (χ1v) is 7.73. The summed E-state index contributed by atoms with van der Waals surface area (Å²) in [6.45, 7) is 0. The molecule has 1 aromatic carbocycles. The van der Waals surface area contributed by atoms with Crippen LogP contribution in [0.25, 0.3) is 0 Å². The van der Waals surface area contributed by atoms with Crippen molar-refractivity contribution in [2.75, 3.05) is 0 Å². The van der Waals surface area contributed by atoms with Crippen LogP contribution in [0, 0.1) is 5.92 Å². The van der Waals surface area contributed by atoms with Crippen molar-refractivity contribution in [2.24, 2.45) is 5.92 Å². The molecule has 6 heteroatoms. The molecule has 1 aromatic rings. The van der Waals surface area contributed by atoms with Gasteiger partial charge in [0.15, 0.2) is 0 Å². The number of carbonyl (C=O) groups excluding carboxylic acids is 1. The van der Waals surface area contributed by atoms with E-state index in [-0.39, 0.29) is 17.0 Å². The van der Waals surface area contributed by atoms with Crippen molar-refractivity contribution in [3.8, 4) is 0 Å². The summed E-state index contributed by atoms with van der Waals surface area (Å²) in [5, 5.41) is 12.9. The number of amides is 1. The van der Waals surface area contributed by atoms with E-state index in [4.69, 9.17) is 23.2 Å². The number of aliphatic carboxylic acids is 1. The van der Waals surface area contributed by atoms with Gasteiger partial charge in [-0.15, -0.1) is 0 Å². The van der Waals surface area contributed by atoms with Crippen molar-refractivity contribution in [3.05, 3.63) is 33.8 Å². The van der Waals surface area contributed by atoms with Gasteiger partial charge in [-0.05, 0) is 31.0 Å². The van der Waals surface area contributed by atoms with Gasteiger partial charge in [0, 0.05) is 11.1 Å². The molecule has 1 amide bonds. The fraction of sp³-hybridized carbons (Fsp3) is 0.467. The molecular formula is C15H17Cl2NO3. The fourth-order valence-electron chi connectivity index (χ4n) is 2.70. The predicted octanol–water partition coefficient (Wildman–Crippen LogP) is 3.76. The van der Waals surface area contributed by atoms with Gasteiger partial charge >= 0.3 is 5.97 Å². The van der Waals surface area contributed by atoms with Crippen molar-refractivity contribution in [3.63, 3.8) is 0 Å². The van der Waals surface area contributed by atoms with E-state index in [1.165, 1.54) is 6.07 Å². The molecule has 114 valence electrons. The highest BCUT2D eigenvalue weighted by atomic mass is 35.5. The Labute approximate surface area is 133 Å². The van der Waals surface area contributed by atoms with Crippen LogP contribution in [0.4, 0.5) is 0 Å². The molecule has 1 aliphatic rings. The van der Waals surface area contributed by atoms with Crippen LogP contribution in [0.5, 0.6) is 0 Å². The summed E-state index contributed by atoms with van der Waals surface area (Å²) in [5.74, 6) is -1.75. The van der Waals surface area contributed by atoms with E-state index in [1.54, 1.807) is 12.1 Å². The monoisotopic (exact) mass is 329 g/mol. The number of nitrogens with one attached hydrogen (secondary N) is 1. The standard InChI is InChI=1S/C15H17Cl2NO3/c16-9-6-7-10(12(17)8-9)14(19)18-13-5-3-1-2-4-11(13)15(20)21/h6-8,11,13H,1-5H2,(H,18,19)(H,20,21). The normalized spacial score (nSPS) is 22.4. The molecule has 1 aliphatic carbocycles. The molecule has 2 unspecified atom stereocenters. The van der Waals surface area contributed by atoms with E-state index in [0.717, 1.165) is 19.3 Å². The van der Waals surface area contributed by atoms with E-state index in [0.29, 0.717) is 23.4 Å². The number of carboxylic acids is 1. The first-order valence-electron chi connectivity index (χ1n) is 6.98. The third-order valence-electron chi connectivity index (χ3n) is 3.83. The molecule has 0 aromatic heterocycles. The second kappa shape index (κ2) is 7.14. The van der Waals surface area contributed by atoms with Gasteiger partial charge in [-0.1, -0.05) is 42.5 Å². The Morgan fingerprint density at radius 1 is 1.14 bits per heavy atom. The lowest BCUT2D eigenvalue weighted by Gasteiger charge is -2.23. The van der Waals surface area contributed by atoms with Crippen LogP contribution in [-0.2, 0) is 4.79 Å². The summed E-state index contributed by atoms with van der Waals surface area (Å²) in [6, 6.07) is 4.28. The van der Waals surface area contributed by atoms with E-state index in [9.17, 15) is 14.7 Å². The number of carboxylic acid groups (broad SMARTS) is 1. The third-order valence-corrected chi connectivity index (χ3v) is 4.37. The second-order valence-electron chi connectivity index (χ2n) is 5.29. The van der Waals surface area contributed by atoms with E-state index in [2.05, 4.69) is 5.32 Å². The minimum absolute atomic E-state index is 0.264. The summed E-state index contributed by atoms with van der Waals surface area (Å²) in [7, 11) is 0. The number of benzene rings is 1. The Balaban J connectivity index is 2.14. The van der Waals surface area contributed by atoms with Crippen molar-refractivity contribution < 1.29 is 14.7 Å². The highest BCUT2D eigenvalue weighted by molar-refractivity contribution is 6.36. The molecule has 4 nitrogen and oxygen atoms in total. The highest BCUT2D eigenvalue weighted by Crippen LogP contribution is 2.25. The lowest BCUT2D eigenvalue weighted by atomic mass is 9.94. The van der Waals surface area contributed by atoms with E-state index >= 15 is 0 Å². The summed E-state index contributed by atoms with van der Waals surface area (Å²) in [5.41, 5.74) is 0.314. The van der Waals surface area contributed by atoms with Gasteiger partial charge in [0.2, 0.25) is 0 Å². The first-order chi connectivity index (χ1) is 9.99. The van der Waals surface area contributed by atoms with Crippen LogP contribution in [0.2, 0.25) is 10.0 Å². The average molecular weight is 330 g/mol. The number of hydrogen-bond acceptors (Lipinski definition) is 2. The fourth-order valence-corrected chi connectivity index (χ4v) is 3.19. The van der Waals surface area contributed by atoms with Crippen molar-refractivity contribution in [1.29, 1.82) is 0 Å². The van der Waals surface area contributed by atoms with Crippen molar-refractivity contribution >= 4 is 35.1 Å².